The number of imide groups is 1. The first-order valence-corrected chi connectivity index (χ1v) is 21.1. The lowest BCUT2D eigenvalue weighted by Crippen LogP contribution is -2.64. The third kappa shape index (κ3) is 7.88. The zero-order valence-electron chi connectivity index (χ0n) is 33.9. The molecular formula is C45H55N9O4. The number of likely N-dealkylation sites (tertiary alicyclic amines) is 1. The molecule has 7 heterocycles. The number of amides is 3. The molecule has 3 atom stereocenters. The molecule has 0 saturated carbocycles. The van der Waals surface area contributed by atoms with E-state index in [0.29, 0.717) is 44.2 Å². The number of aliphatic imine (C=N–C) groups is 1. The normalized spacial score (nSPS) is 23.7. The van der Waals surface area contributed by atoms with E-state index in [4.69, 9.17) is 9.73 Å². The topological polar surface area (TPSA) is 135 Å². The lowest BCUT2D eigenvalue weighted by molar-refractivity contribution is -0.138. The Bertz CT molecular complexity index is 2140. The fourth-order valence-electron chi connectivity index (χ4n) is 9.38. The van der Waals surface area contributed by atoms with Crippen LogP contribution in [0.4, 0.5) is 22.7 Å². The van der Waals surface area contributed by atoms with Gasteiger partial charge in [0.1, 0.15) is 18.5 Å². The van der Waals surface area contributed by atoms with Gasteiger partial charge in [0.15, 0.2) is 0 Å². The Morgan fingerprint density at radius 2 is 1.79 bits per heavy atom. The average Bonchev–Trinajstić information content (AvgIpc) is 3.20. The lowest BCUT2D eigenvalue weighted by atomic mass is 9.91. The first kappa shape index (κ1) is 38.1. The summed E-state index contributed by atoms with van der Waals surface area (Å²) in [4.78, 5) is 56.3. The van der Waals surface area contributed by atoms with Gasteiger partial charge in [0.25, 0.3) is 0 Å². The van der Waals surface area contributed by atoms with E-state index in [-0.39, 0.29) is 35.7 Å². The first-order valence-electron chi connectivity index (χ1n) is 21.1. The molecule has 3 amide bonds. The second-order valence-electron chi connectivity index (χ2n) is 16.9. The van der Waals surface area contributed by atoms with Crippen LogP contribution in [0.15, 0.2) is 65.3 Å². The number of piperidine rings is 2. The fourth-order valence-corrected chi connectivity index (χ4v) is 9.38. The highest BCUT2D eigenvalue weighted by atomic mass is 16.5. The second kappa shape index (κ2) is 16.1. The van der Waals surface area contributed by atoms with Gasteiger partial charge in [-0.1, -0.05) is 31.2 Å². The number of ether oxygens (including phenoxy) is 1. The van der Waals surface area contributed by atoms with Gasteiger partial charge in [0.2, 0.25) is 23.6 Å². The van der Waals surface area contributed by atoms with Crippen LogP contribution in [-0.4, -0.2) is 116 Å². The largest absolute Gasteiger partial charge is 0.474 e. The molecule has 0 radical (unpaired) electrons. The zero-order chi connectivity index (χ0) is 39.9. The van der Waals surface area contributed by atoms with Gasteiger partial charge in [-0.05, 0) is 79.6 Å². The Morgan fingerprint density at radius 1 is 0.983 bits per heavy atom. The van der Waals surface area contributed by atoms with E-state index in [1.54, 1.807) is 0 Å². The summed E-state index contributed by atoms with van der Waals surface area (Å²) in [6, 6.07) is 15.3. The van der Waals surface area contributed by atoms with Crippen molar-refractivity contribution in [1.82, 2.24) is 20.1 Å². The molecule has 3 unspecified atom stereocenters. The minimum absolute atomic E-state index is 0.0688. The van der Waals surface area contributed by atoms with Crippen LogP contribution < -0.4 is 30.5 Å². The highest BCUT2D eigenvalue weighted by Crippen LogP contribution is 2.37. The molecule has 304 valence electrons. The van der Waals surface area contributed by atoms with Crippen LogP contribution >= 0.6 is 0 Å². The molecule has 4 saturated heterocycles. The number of benzene rings is 2. The smallest absolute Gasteiger partial charge is 0.237 e. The summed E-state index contributed by atoms with van der Waals surface area (Å²) in [6.45, 7) is 15.0. The van der Waals surface area contributed by atoms with Gasteiger partial charge in [0, 0.05) is 93.6 Å². The SMILES string of the molecule is Cc1cc(NC2N=C3CN(c4cnc5c(c4C)NCCO5)CCC3=CC2C)ccc1CC(=O)N1CC(N2CCN(c3ccc(CC4CCC(=O)NC4=O)cc3)CC2)C1. The molecule has 3 aromatic rings. The van der Waals surface area contributed by atoms with E-state index >= 15 is 0 Å². The van der Waals surface area contributed by atoms with Gasteiger partial charge in [-0.2, -0.15) is 0 Å². The Hall–Kier alpha value is -5.43. The summed E-state index contributed by atoms with van der Waals surface area (Å²) in [5, 5.41) is 9.62. The van der Waals surface area contributed by atoms with E-state index < -0.39 is 0 Å². The minimum Gasteiger partial charge on any atom is -0.474 e. The van der Waals surface area contributed by atoms with Gasteiger partial charge in [0.05, 0.1) is 30.6 Å². The van der Waals surface area contributed by atoms with Crippen LogP contribution in [0.1, 0.15) is 48.4 Å². The van der Waals surface area contributed by atoms with Crippen LogP contribution in [0.25, 0.3) is 0 Å². The monoisotopic (exact) mass is 785 g/mol. The first-order chi connectivity index (χ1) is 28.1. The third-order valence-electron chi connectivity index (χ3n) is 13.1. The Balaban J connectivity index is 0.736. The van der Waals surface area contributed by atoms with Crippen LogP contribution in [0.3, 0.4) is 0 Å². The van der Waals surface area contributed by atoms with Crippen molar-refractivity contribution < 1.29 is 19.1 Å². The highest BCUT2D eigenvalue weighted by molar-refractivity contribution is 6.05. The number of carbonyl (C=O) groups excluding carboxylic acids is 3. The molecule has 13 heteroatoms. The Morgan fingerprint density at radius 3 is 2.57 bits per heavy atom. The number of anilines is 4. The molecule has 3 N–H and O–H groups in total. The van der Waals surface area contributed by atoms with E-state index in [9.17, 15) is 14.4 Å². The predicted octanol–water partition coefficient (Wildman–Crippen LogP) is 4.34. The van der Waals surface area contributed by atoms with Crippen molar-refractivity contribution in [2.24, 2.45) is 16.8 Å². The van der Waals surface area contributed by atoms with Crippen molar-refractivity contribution in [2.45, 2.75) is 65.1 Å². The maximum atomic E-state index is 13.4. The molecule has 6 aliphatic rings. The maximum absolute atomic E-state index is 13.4. The van der Waals surface area contributed by atoms with Crippen LogP contribution in [0.5, 0.6) is 5.88 Å². The van der Waals surface area contributed by atoms with Crippen molar-refractivity contribution in [3.05, 3.63) is 82.6 Å². The van der Waals surface area contributed by atoms with Crippen LogP contribution in [-0.2, 0) is 27.2 Å². The number of piperazine rings is 1. The van der Waals surface area contributed by atoms with E-state index in [1.807, 2.05) is 11.1 Å². The van der Waals surface area contributed by atoms with Gasteiger partial charge < -0.3 is 30.1 Å². The van der Waals surface area contributed by atoms with E-state index in [2.05, 4.69) is 105 Å². The molecular weight excluding hydrogens is 731 g/mol. The number of carbonyl (C=O) groups is 3. The van der Waals surface area contributed by atoms with E-state index in [1.165, 1.54) is 16.8 Å². The van der Waals surface area contributed by atoms with Crippen molar-refractivity contribution in [3.63, 3.8) is 0 Å². The minimum atomic E-state index is -0.170. The number of rotatable bonds is 9. The van der Waals surface area contributed by atoms with Crippen molar-refractivity contribution in [1.29, 1.82) is 0 Å². The number of nitrogens with zero attached hydrogens (tertiary/aromatic N) is 6. The number of fused-ring (bicyclic) bond motifs is 2. The maximum Gasteiger partial charge on any atom is 0.237 e. The Kier molecular flexibility index (Phi) is 10.6. The lowest BCUT2D eigenvalue weighted by Gasteiger charge is -2.48. The highest BCUT2D eigenvalue weighted by Gasteiger charge is 2.36. The fraction of sp³-hybridized carbons (Fsp3) is 0.489. The van der Waals surface area contributed by atoms with Gasteiger partial charge in [-0.25, -0.2) is 4.98 Å². The number of aryl methyl sites for hydroxylation is 1. The summed E-state index contributed by atoms with van der Waals surface area (Å²) < 4.78 is 5.76. The molecule has 0 spiro atoms. The van der Waals surface area contributed by atoms with Crippen LogP contribution in [0, 0.1) is 25.7 Å². The number of hydrogen-bond donors (Lipinski definition) is 3. The third-order valence-corrected chi connectivity index (χ3v) is 13.1. The number of hydrogen-bond acceptors (Lipinski definition) is 11. The number of dihydropyridines is 1. The van der Waals surface area contributed by atoms with Crippen molar-refractivity contribution in [2.75, 3.05) is 85.9 Å². The molecule has 0 aliphatic carbocycles. The molecule has 6 aliphatic heterocycles. The van der Waals surface area contributed by atoms with E-state index in [0.717, 1.165) is 105 Å². The molecule has 2 aromatic carbocycles. The average molecular weight is 786 g/mol. The van der Waals surface area contributed by atoms with Gasteiger partial charge in [-0.15, -0.1) is 0 Å². The van der Waals surface area contributed by atoms with Crippen LogP contribution in [0.2, 0.25) is 0 Å². The number of pyridine rings is 1. The molecule has 1 aromatic heterocycles. The molecule has 58 heavy (non-hydrogen) atoms. The molecule has 4 fully saturated rings. The van der Waals surface area contributed by atoms with Crippen molar-refractivity contribution >= 4 is 46.2 Å². The summed E-state index contributed by atoms with van der Waals surface area (Å²) in [5.74, 6) is 0.672. The van der Waals surface area contributed by atoms with Gasteiger partial charge in [-0.3, -0.25) is 29.6 Å². The standard InChI is InChI=1S/C45H55N9O4/c1-28-21-35(48-43-29(2)20-33-12-14-53(27-38(33)49-43)39-24-47-45-42(30(39)3)46-13-19-58-45)8-6-32(28)23-41(56)54-25-37(26-54)52-17-15-51(16-18-52)36-9-4-31(5-10-36)22-34-7-11-40(55)50-44(34)57/h4-6,8-10,20-21,24,29,34,37,43,46,48H,7,11-19,22-23,25-27H2,1-3H3,(H,50,55,57). The zero-order valence-corrected chi connectivity index (χ0v) is 33.9. The summed E-state index contributed by atoms with van der Waals surface area (Å²) >= 11 is 0. The molecule has 9 rings (SSSR count). The number of nitrogens with one attached hydrogen (secondary N) is 3. The number of aromatic nitrogens is 1. The second-order valence-corrected chi connectivity index (χ2v) is 16.9. The molecule has 13 nitrogen and oxygen atoms in total. The Labute approximate surface area is 340 Å². The summed E-state index contributed by atoms with van der Waals surface area (Å²) in [5.41, 5.74) is 11.3. The van der Waals surface area contributed by atoms with Gasteiger partial charge >= 0.3 is 0 Å². The summed E-state index contributed by atoms with van der Waals surface area (Å²) in [7, 11) is 0. The summed E-state index contributed by atoms with van der Waals surface area (Å²) in [6.07, 6.45) is 7.32. The van der Waals surface area contributed by atoms with Crippen molar-refractivity contribution in [3.8, 4) is 5.88 Å². The quantitative estimate of drug-likeness (QED) is 0.269. The predicted molar refractivity (Wildman–Crippen MR) is 227 cm³/mol. The molecule has 0 bridgehead atoms.